The largest absolute Gasteiger partial charge is 0.495 e. The van der Waals surface area contributed by atoms with Crippen LogP contribution in [0.2, 0.25) is 0 Å². The van der Waals surface area contributed by atoms with E-state index in [1.165, 1.54) is 17.5 Å². The Labute approximate surface area is 178 Å². The van der Waals surface area contributed by atoms with Crippen molar-refractivity contribution in [3.8, 4) is 5.75 Å². The Bertz CT molecular complexity index is 1030. The SMILES string of the molecule is CCc1cccc(NC(=O)C=Cc2ccc(OC)c(S(=O)(=O)N3CCCCC3)c2)c1. The first kappa shape index (κ1) is 22.1. The monoisotopic (exact) mass is 428 g/mol. The zero-order valence-electron chi connectivity index (χ0n) is 17.4. The summed E-state index contributed by atoms with van der Waals surface area (Å²) in [6.07, 6.45) is 6.66. The second-order valence-corrected chi connectivity index (χ2v) is 9.16. The Kier molecular flexibility index (Phi) is 7.29. The van der Waals surface area contributed by atoms with Crippen LogP contribution in [-0.4, -0.2) is 38.8 Å². The standard InChI is InChI=1S/C23H28N2O4S/c1-3-18-8-7-9-20(16-18)24-23(26)13-11-19-10-12-21(29-2)22(17-19)30(27,28)25-14-5-4-6-15-25/h7-13,16-17H,3-6,14-15H2,1-2H3,(H,24,26). The predicted octanol–water partition coefficient (Wildman–Crippen LogP) is 4.08. The number of amides is 1. The third-order valence-corrected chi connectivity index (χ3v) is 7.07. The van der Waals surface area contributed by atoms with E-state index < -0.39 is 10.0 Å². The van der Waals surface area contributed by atoms with Crippen LogP contribution in [0.1, 0.15) is 37.3 Å². The number of nitrogens with one attached hydrogen (secondary N) is 1. The van der Waals surface area contributed by atoms with Crippen LogP contribution in [0.3, 0.4) is 0 Å². The summed E-state index contributed by atoms with van der Waals surface area (Å²) in [5.74, 6) is 0.0260. The first-order valence-corrected chi connectivity index (χ1v) is 11.6. The lowest BCUT2D eigenvalue weighted by Crippen LogP contribution is -2.35. The van der Waals surface area contributed by atoms with Gasteiger partial charge < -0.3 is 10.1 Å². The molecule has 0 spiro atoms. The fourth-order valence-electron chi connectivity index (χ4n) is 3.47. The smallest absolute Gasteiger partial charge is 0.248 e. The molecule has 1 aliphatic heterocycles. The van der Waals surface area contributed by atoms with Crippen LogP contribution in [-0.2, 0) is 21.2 Å². The molecule has 2 aromatic carbocycles. The van der Waals surface area contributed by atoms with Crippen molar-refractivity contribution < 1.29 is 17.9 Å². The minimum atomic E-state index is -3.65. The number of nitrogens with zero attached hydrogens (tertiary/aromatic N) is 1. The Morgan fingerprint density at radius 2 is 1.90 bits per heavy atom. The molecule has 1 N–H and O–H groups in total. The summed E-state index contributed by atoms with van der Waals surface area (Å²) < 4.78 is 33.0. The van der Waals surface area contributed by atoms with Crippen LogP contribution >= 0.6 is 0 Å². The third kappa shape index (κ3) is 5.29. The number of carbonyl (C=O) groups is 1. The summed E-state index contributed by atoms with van der Waals surface area (Å²) in [5, 5.41) is 2.83. The maximum absolute atomic E-state index is 13.1. The van der Waals surface area contributed by atoms with E-state index >= 15 is 0 Å². The van der Waals surface area contributed by atoms with Gasteiger partial charge in [0.15, 0.2) is 0 Å². The van der Waals surface area contributed by atoms with Crippen molar-refractivity contribution in [2.75, 3.05) is 25.5 Å². The van der Waals surface area contributed by atoms with Gasteiger partial charge >= 0.3 is 0 Å². The zero-order chi connectivity index (χ0) is 21.6. The second-order valence-electron chi connectivity index (χ2n) is 7.25. The number of hydrogen-bond donors (Lipinski definition) is 1. The predicted molar refractivity (Wildman–Crippen MR) is 119 cm³/mol. The van der Waals surface area contributed by atoms with Crippen molar-refractivity contribution in [3.63, 3.8) is 0 Å². The molecule has 0 unspecified atom stereocenters. The molecule has 1 heterocycles. The van der Waals surface area contributed by atoms with Gasteiger partial charge in [-0.05, 0) is 60.7 Å². The Morgan fingerprint density at radius 1 is 1.13 bits per heavy atom. The second kappa shape index (κ2) is 9.91. The molecule has 7 heteroatoms. The van der Waals surface area contributed by atoms with Gasteiger partial charge in [0.05, 0.1) is 7.11 Å². The molecular weight excluding hydrogens is 400 g/mol. The summed E-state index contributed by atoms with van der Waals surface area (Å²) in [7, 11) is -2.19. The fourth-order valence-corrected chi connectivity index (χ4v) is 5.18. The fraction of sp³-hybridized carbons (Fsp3) is 0.348. The van der Waals surface area contributed by atoms with Crippen molar-refractivity contribution >= 4 is 27.7 Å². The van der Waals surface area contributed by atoms with Crippen LogP contribution in [0.15, 0.2) is 53.4 Å². The summed E-state index contributed by atoms with van der Waals surface area (Å²) in [6.45, 7) is 3.09. The van der Waals surface area contributed by atoms with Crippen molar-refractivity contribution in [2.24, 2.45) is 0 Å². The molecule has 2 aromatic rings. The molecule has 0 aromatic heterocycles. The van der Waals surface area contributed by atoms with Crippen LogP contribution in [0.25, 0.3) is 6.08 Å². The van der Waals surface area contributed by atoms with E-state index in [0.29, 0.717) is 24.4 Å². The molecule has 3 rings (SSSR count). The number of benzene rings is 2. The lowest BCUT2D eigenvalue weighted by molar-refractivity contribution is -0.111. The van der Waals surface area contributed by atoms with E-state index in [2.05, 4.69) is 12.2 Å². The molecule has 0 atom stereocenters. The summed E-state index contributed by atoms with van der Waals surface area (Å²) in [5.41, 5.74) is 2.48. The summed E-state index contributed by atoms with van der Waals surface area (Å²) in [4.78, 5) is 12.4. The van der Waals surface area contributed by atoms with Gasteiger partial charge in [0, 0.05) is 24.9 Å². The molecule has 0 bridgehead atoms. The highest BCUT2D eigenvalue weighted by Gasteiger charge is 2.28. The number of carbonyl (C=O) groups excluding carboxylic acids is 1. The minimum absolute atomic E-state index is 0.130. The van der Waals surface area contributed by atoms with Crippen molar-refractivity contribution in [2.45, 2.75) is 37.5 Å². The number of aryl methyl sites for hydroxylation is 1. The van der Waals surface area contributed by atoms with E-state index in [9.17, 15) is 13.2 Å². The van der Waals surface area contributed by atoms with Crippen LogP contribution < -0.4 is 10.1 Å². The van der Waals surface area contributed by atoms with Gasteiger partial charge in [-0.1, -0.05) is 31.5 Å². The Morgan fingerprint density at radius 3 is 2.60 bits per heavy atom. The van der Waals surface area contributed by atoms with Gasteiger partial charge in [-0.3, -0.25) is 4.79 Å². The van der Waals surface area contributed by atoms with E-state index in [4.69, 9.17) is 4.74 Å². The Hall–Kier alpha value is -2.64. The van der Waals surface area contributed by atoms with Gasteiger partial charge in [-0.25, -0.2) is 8.42 Å². The number of anilines is 1. The highest BCUT2D eigenvalue weighted by atomic mass is 32.2. The van der Waals surface area contributed by atoms with Crippen molar-refractivity contribution in [1.29, 1.82) is 0 Å². The van der Waals surface area contributed by atoms with E-state index in [1.807, 2.05) is 24.3 Å². The van der Waals surface area contributed by atoms with Crippen LogP contribution in [0.4, 0.5) is 5.69 Å². The summed E-state index contributed by atoms with van der Waals surface area (Å²) in [6, 6.07) is 12.6. The average molecular weight is 429 g/mol. The highest BCUT2D eigenvalue weighted by molar-refractivity contribution is 7.89. The van der Waals surface area contributed by atoms with Gasteiger partial charge in [-0.15, -0.1) is 0 Å². The maximum atomic E-state index is 13.1. The quantitative estimate of drug-likeness (QED) is 0.674. The molecular formula is C23H28N2O4S. The first-order chi connectivity index (χ1) is 14.4. The van der Waals surface area contributed by atoms with E-state index in [-0.39, 0.29) is 10.8 Å². The van der Waals surface area contributed by atoms with Gasteiger partial charge in [0.2, 0.25) is 15.9 Å². The van der Waals surface area contributed by atoms with Crippen LogP contribution in [0, 0.1) is 0 Å². The number of sulfonamides is 1. The van der Waals surface area contributed by atoms with Crippen LogP contribution in [0.5, 0.6) is 5.75 Å². The zero-order valence-corrected chi connectivity index (χ0v) is 18.2. The number of rotatable bonds is 7. The Balaban J connectivity index is 1.79. The van der Waals surface area contributed by atoms with E-state index in [1.54, 1.807) is 24.3 Å². The number of methoxy groups -OCH3 is 1. The first-order valence-electron chi connectivity index (χ1n) is 10.2. The van der Waals surface area contributed by atoms with E-state index in [0.717, 1.165) is 36.9 Å². The van der Waals surface area contributed by atoms with Gasteiger partial charge in [0.1, 0.15) is 10.6 Å². The molecule has 6 nitrogen and oxygen atoms in total. The number of hydrogen-bond acceptors (Lipinski definition) is 4. The molecule has 1 aliphatic rings. The topological polar surface area (TPSA) is 75.7 Å². The molecule has 1 fully saturated rings. The maximum Gasteiger partial charge on any atom is 0.248 e. The molecule has 1 saturated heterocycles. The van der Waals surface area contributed by atoms with Gasteiger partial charge in [-0.2, -0.15) is 4.31 Å². The highest BCUT2D eigenvalue weighted by Crippen LogP contribution is 2.30. The average Bonchev–Trinajstić information content (AvgIpc) is 2.78. The molecule has 30 heavy (non-hydrogen) atoms. The minimum Gasteiger partial charge on any atom is -0.495 e. The lowest BCUT2D eigenvalue weighted by atomic mass is 10.1. The molecule has 160 valence electrons. The number of piperidine rings is 1. The molecule has 0 aliphatic carbocycles. The van der Waals surface area contributed by atoms with Crippen molar-refractivity contribution in [1.82, 2.24) is 4.31 Å². The number of ether oxygens (including phenoxy) is 1. The third-order valence-electron chi connectivity index (χ3n) is 5.15. The molecule has 0 radical (unpaired) electrons. The summed E-state index contributed by atoms with van der Waals surface area (Å²) >= 11 is 0. The van der Waals surface area contributed by atoms with Crippen molar-refractivity contribution in [3.05, 3.63) is 59.7 Å². The molecule has 0 saturated carbocycles. The molecule has 1 amide bonds. The van der Waals surface area contributed by atoms with Gasteiger partial charge in [0.25, 0.3) is 0 Å². The lowest BCUT2D eigenvalue weighted by Gasteiger charge is -2.26. The normalized spacial score (nSPS) is 15.3.